The van der Waals surface area contributed by atoms with Gasteiger partial charge in [0.15, 0.2) is 5.13 Å². The van der Waals surface area contributed by atoms with Crippen molar-refractivity contribution in [2.24, 2.45) is 5.92 Å². The number of nitrogens with one attached hydrogen (secondary N) is 1. The predicted octanol–water partition coefficient (Wildman–Crippen LogP) is 2.77. The molecule has 5 heteroatoms. The highest BCUT2D eigenvalue weighted by Gasteiger charge is 2.30. The fraction of sp³-hybridized carbons (Fsp3) is 0.714. The summed E-state index contributed by atoms with van der Waals surface area (Å²) in [5, 5.41) is 15.4. The molecular weight excluding hydrogens is 256 g/mol. The van der Waals surface area contributed by atoms with E-state index in [0.29, 0.717) is 18.4 Å². The van der Waals surface area contributed by atoms with Crippen molar-refractivity contribution in [3.8, 4) is 6.07 Å². The van der Waals surface area contributed by atoms with Crippen LogP contribution in [-0.4, -0.2) is 24.1 Å². The van der Waals surface area contributed by atoms with Gasteiger partial charge in [0.05, 0.1) is 18.2 Å². The van der Waals surface area contributed by atoms with Gasteiger partial charge >= 0.3 is 0 Å². The lowest BCUT2D eigenvalue weighted by Gasteiger charge is -2.19. The van der Waals surface area contributed by atoms with Gasteiger partial charge in [0.1, 0.15) is 0 Å². The summed E-state index contributed by atoms with van der Waals surface area (Å²) < 4.78 is 0. The van der Waals surface area contributed by atoms with Gasteiger partial charge in [0.2, 0.25) is 0 Å². The van der Waals surface area contributed by atoms with Crippen molar-refractivity contribution in [3.05, 3.63) is 11.1 Å². The number of rotatable bonds is 8. The van der Waals surface area contributed by atoms with Gasteiger partial charge in [0, 0.05) is 24.5 Å². The molecule has 0 bridgehead atoms. The molecule has 1 aromatic rings. The van der Waals surface area contributed by atoms with Crippen LogP contribution in [0.4, 0.5) is 5.13 Å². The Morgan fingerprint density at radius 2 is 2.37 bits per heavy atom. The minimum Gasteiger partial charge on any atom is -0.344 e. The zero-order valence-electron chi connectivity index (χ0n) is 11.7. The molecule has 0 spiro atoms. The molecule has 1 fully saturated rings. The minimum atomic E-state index is 0.580. The molecule has 0 radical (unpaired) electrons. The average Bonchev–Trinajstić information content (AvgIpc) is 3.10. The van der Waals surface area contributed by atoms with Crippen LogP contribution in [0.1, 0.15) is 38.8 Å². The van der Waals surface area contributed by atoms with Gasteiger partial charge in [0.25, 0.3) is 0 Å². The maximum absolute atomic E-state index is 8.73. The van der Waals surface area contributed by atoms with Crippen molar-refractivity contribution in [1.82, 2.24) is 10.3 Å². The molecule has 1 aliphatic carbocycles. The highest BCUT2D eigenvalue weighted by molar-refractivity contribution is 7.13. The standard InChI is InChI=1S/C14H22N4S/c1-11(2)8-16-9-12-10-19-14(17-12)18(7-3-6-15)13-4-5-13/h10-11,13,16H,3-5,7-9H2,1-2H3. The van der Waals surface area contributed by atoms with Gasteiger partial charge in [-0.3, -0.25) is 0 Å². The largest absolute Gasteiger partial charge is 0.344 e. The molecule has 19 heavy (non-hydrogen) atoms. The molecular formula is C14H22N4S. The van der Waals surface area contributed by atoms with Gasteiger partial charge in [-0.1, -0.05) is 13.8 Å². The van der Waals surface area contributed by atoms with E-state index in [1.165, 1.54) is 12.8 Å². The Morgan fingerprint density at radius 3 is 3.00 bits per heavy atom. The highest BCUT2D eigenvalue weighted by Crippen LogP contribution is 2.33. The number of hydrogen-bond donors (Lipinski definition) is 1. The lowest BCUT2D eigenvalue weighted by atomic mass is 10.2. The van der Waals surface area contributed by atoms with Crippen LogP contribution in [0.2, 0.25) is 0 Å². The molecule has 0 aromatic carbocycles. The fourth-order valence-corrected chi connectivity index (χ4v) is 2.91. The molecule has 0 saturated heterocycles. The van der Waals surface area contributed by atoms with E-state index < -0.39 is 0 Å². The summed E-state index contributed by atoms with van der Waals surface area (Å²) in [6, 6.07) is 2.85. The van der Waals surface area contributed by atoms with Gasteiger partial charge in [-0.25, -0.2) is 4.98 Å². The van der Waals surface area contributed by atoms with E-state index in [2.05, 4.69) is 35.5 Å². The van der Waals surface area contributed by atoms with Crippen LogP contribution in [-0.2, 0) is 6.54 Å². The van der Waals surface area contributed by atoms with E-state index in [-0.39, 0.29) is 0 Å². The smallest absolute Gasteiger partial charge is 0.185 e. The molecule has 1 saturated carbocycles. The zero-order valence-corrected chi connectivity index (χ0v) is 12.5. The third-order valence-corrected chi connectivity index (χ3v) is 4.02. The molecule has 0 unspecified atom stereocenters. The number of nitriles is 1. The van der Waals surface area contributed by atoms with Gasteiger partial charge in [-0.2, -0.15) is 5.26 Å². The van der Waals surface area contributed by atoms with Crippen LogP contribution in [0.15, 0.2) is 5.38 Å². The fourth-order valence-electron chi connectivity index (χ4n) is 1.99. The summed E-state index contributed by atoms with van der Waals surface area (Å²) in [6.07, 6.45) is 3.06. The third kappa shape index (κ3) is 4.48. The predicted molar refractivity (Wildman–Crippen MR) is 79.3 cm³/mol. The second-order valence-corrected chi connectivity index (χ2v) is 6.32. The molecule has 0 atom stereocenters. The minimum absolute atomic E-state index is 0.580. The Balaban J connectivity index is 1.89. The number of nitrogens with zero attached hydrogens (tertiary/aromatic N) is 3. The Morgan fingerprint density at radius 1 is 1.58 bits per heavy atom. The van der Waals surface area contributed by atoms with Crippen molar-refractivity contribution < 1.29 is 0 Å². The first-order valence-electron chi connectivity index (χ1n) is 6.99. The highest BCUT2D eigenvalue weighted by atomic mass is 32.1. The van der Waals surface area contributed by atoms with Gasteiger partial charge < -0.3 is 10.2 Å². The van der Waals surface area contributed by atoms with Crippen molar-refractivity contribution in [2.75, 3.05) is 18.0 Å². The maximum atomic E-state index is 8.73. The van der Waals surface area contributed by atoms with Crippen LogP contribution in [0.25, 0.3) is 0 Å². The summed E-state index contributed by atoms with van der Waals surface area (Å²) >= 11 is 1.70. The lowest BCUT2D eigenvalue weighted by Crippen LogP contribution is -2.26. The van der Waals surface area contributed by atoms with Crippen LogP contribution < -0.4 is 10.2 Å². The van der Waals surface area contributed by atoms with E-state index in [9.17, 15) is 0 Å². The van der Waals surface area contributed by atoms with Crippen molar-refractivity contribution >= 4 is 16.5 Å². The normalized spacial score (nSPS) is 14.6. The molecule has 1 aromatic heterocycles. The Hall–Kier alpha value is -1.12. The molecule has 2 rings (SSSR count). The average molecular weight is 278 g/mol. The SMILES string of the molecule is CC(C)CNCc1csc(N(CCC#N)C2CC2)n1. The Bertz CT molecular complexity index is 431. The van der Waals surface area contributed by atoms with E-state index in [4.69, 9.17) is 10.2 Å². The first kappa shape index (κ1) is 14.3. The molecule has 104 valence electrons. The molecule has 4 nitrogen and oxygen atoms in total. The number of thiazole rings is 1. The van der Waals surface area contributed by atoms with Crippen LogP contribution in [0, 0.1) is 17.2 Å². The summed E-state index contributed by atoms with van der Waals surface area (Å²) in [4.78, 5) is 7.00. The molecule has 0 amide bonds. The monoisotopic (exact) mass is 278 g/mol. The van der Waals surface area contributed by atoms with Gasteiger partial charge in [-0.15, -0.1) is 11.3 Å². The Labute approximate surface area is 119 Å². The number of hydrogen-bond acceptors (Lipinski definition) is 5. The van der Waals surface area contributed by atoms with Crippen molar-refractivity contribution in [2.45, 2.75) is 45.7 Å². The van der Waals surface area contributed by atoms with Crippen LogP contribution >= 0.6 is 11.3 Å². The summed E-state index contributed by atoms with van der Waals surface area (Å²) in [5.74, 6) is 0.664. The third-order valence-electron chi connectivity index (χ3n) is 3.10. The van der Waals surface area contributed by atoms with E-state index >= 15 is 0 Å². The van der Waals surface area contributed by atoms with Gasteiger partial charge in [-0.05, 0) is 25.3 Å². The second kappa shape index (κ2) is 6.88. The van der Waals surface area contributed by atoms with Crippen molar-refractivity contribution in [3.63, 3.8) is 0 Å². The van der Waals surface area contributed by atoms with E-state index in [1.54, 1.807) is 11.3 Å². The van der Waals surface area contributed by atoms with Crippen LogP contribution in [0.3, 0.4) is 0 Å². The van der Waals surface area contributed by atoms with E-state index in [0.717, 1.165) is 30.5 Å². The number of anilines is 1. The lowest BCUT2D eigenvalue weighted by molar-refractivity contribution is 0.549. The number of aromatic nitrogens is 1. The second-order valence-electron chi connectivity index (χ2n) is 5.48. The maximum Gasteiger partial charge on any atom is 0.185 e. The Kier molecular flexibility index (Phi) is 5.17. The van der Waals surface area contributed by atoms with Crippen LogP contribution in [0.5, 0.6) is 0 Å². The first-order valence-corrected chi connectivity index (χ1v) is 7.87. The molecule has 1 N–H and O–H groups in total. The zero-order chi connectivity index (χ0) is 13.7. The summed E-state index contributed by atoms with van der Waals surface area (Å²) in [5.41, 5.74) is 1.11. The topological polar surface area (TPSA) is 52.0 Å². The van der Waals surface area contributed by atoms with Crippen molar-refractivity contribution in [1.29, 1.82) is 5.26 Å². The van der Waals surface area contributed by atoms with E-state index in [1.807, 2.05) is 0 Å². The first-order chi connectivity index (χ1) is 9.20. The summed E-state index contributed by atoms with van der Waals surface area (Å²) in [6.45, 7) is 7.08. The molecule has 1 heterocycles. The summed E-state index contributed by atoms with van der Waals surface area (Å²) in [7, 11) is 0. The molecule has 1 aliphatic rings. The quantitative estimate of drug-likeness (QED) is 0.794. The molecule has 0 aliphatic heterocycles.